The lowest BCUT2D eigenvalue weighted by molar-refractivity contribution is -0.332. The minimum atomic E-state index is -1.76. The van der Waals surface area contributed by atoms with Crippen LogP contribution in [0.25, 0.3) is 0 Å². The summed E-state index contributed by atoms with van der Waals surface area (Å²) in [5.41, 5.74) is 23.1. The van der Waals surface area contributed by atoms with Crippen molar-refractivity contribution in [3.05, 3.63) is 0 Å². The summed E-state index contributed by atoms with van der Waals surface area (Å²) in [5, 5.41) is 84.9. The van der Waals surface area contributed by atoms with Gasteiger partial charge in [-0.2, -0.15) is 0 Å². The molecule has 2 heterocycles. The lowest BCUT2D eigenvalue weighted by Gasteiger charge is -2.49. The van der Waals surface area contributed by atoms with Crippen LogP contribution in [-0.2, 0) is 23.7 Å². The number of nitrogens with two attached hydrogens (primary N) is 4. The molecule has 0 spiro atoms. The molecule has 1 aliphatic carbocycles. The molecule has 2 aliphatic heterocycles. The highest BCUT2D eigenvalue weighted by Crippen LogP contribution is 2.32. The van der Waals surface area contributed by atoms with Crippen LogP contribution in [0.15, 0.2) is 0 Å². The van der Waals surface area contributed by atoms with Gasteiger partial charge in [-0.3, -0.25) is 4.79 Å². The van der Waals surface area contributed by atoms with Gasteiger partial charge in [0, 0.05) is 12.6 Å². The summed E-state index contributed by atoms with van der Waals surface area (Å²) in [7, 11) is 0. The zero-order valence-electron chi connectivity index (χ0n) is 21.7. The molecule has 0 aromatic rings. The molecule has 17 N–H and O–H groups in total. The van der Waals surface area contributed by atoms with Gasteiger partial charge in [-0.25, -0.2) is 0 Å². The van der Waals surface area contributed by atoms with Gasteiger partial charge in [0.05, 0.1) is 18.7 Å². The molecule has 0 aromatic heterocycles. The molecule has 18 heteroatoms. The minimum Gasteiger partial charge on any atom is -0.394 e. The first-order chi connectivity index (χ1) is 18.9. The number of aliphatic hydroxyl groups is 8. The number of nitrogens with one attached hydrogen (secondary N) is 1. The minimum absolute atomic E-state index is 0.0101. The van der Waals surface area contributed by atoms with Crippen LogP contribution in [-0.4, -0.2) is 164 Å². The zero-order chi connectivity index (χ0) is 29.9. The fraction of sp³-hybridized carbons (Fsp3) is 0.955. The summed E-state index contributed by atoms with van der Waals surface area (Å²) in [5.74, 6) is -0.845. The van der Waals surface area contributed by atoms with Crippen molar-refractivity contribution in [1.82, 2.24) is 5.32 Å². The number of amides is 1. The average molecular weight is 586 g/mol. The Morgan fingerprint density at radius 1 is 0.850 bits per heavy atom. The van der Waals surface area contributed by atoms with Gasteiger partial charge in [0.25, 0.3) is 0 Å². The lowest BCUT2D eigenvalue weighted by atomic mass is 9.83. The first-order valence-corrected chi connectivity index (χ1v) is 13.1. The second-order valence-corrected chi connectivity index (χ2v) is 10.3. The van der Waals surface area contributed by atoms with E-state index in [-0.39, 0.29) is 25.9 Å². The van der Waals surface area contributed by atoms with E-state index in [1.807, 2.05) is 0 Å². The number of hydrogen-bond acceptors (Lipinski definition) is 17. The van der Waals surface area contributed by atoms with Crippen LogP contribution in [0.4, 0.5) is 0 Å². The van der Waals surface area contributed by atoms with E-state index in [0.29, 0.717) is 0 Å². The van der Waals surface area contributed by atoms with Gasteiger partial charge in [-0.1, -0.05) is 0 Å². The Morgan fingerprint density at radius 3 is 2.05 bits per heavy atom. The smallest absolute Gasteiger partial charge is 0.249 e. The topological polar surface area (TPSA) is 332 Å². The summed E-state index contributed by atoms with van der Waals surface area (Å²) in [4.78, 5) is 12.6. The molecule has 1 saturated carbocycles. The van der Waals surface area contributed by atoms with Crippen LogP contribution in [0.2, 0.25) is 0 Å². The molecule has 1 unspecified atom stereocenters. The summed E-state index contributed by atoms with van der Waals surface area (Å²) >= 11 is 0. The van der Waals surface area contributed by atoms with Gasteiger partial charge < -0.3 is 88.1 Å². The molecule has 0 aromatic carbocycles. The van der Waals surface area contributed by atoms with Crippen molar-refractivity contribution in [3.63, 3.8) is 0 Å². The van der Waals surface area contributed by atoms with E-state index in [1.54, 1.807) is 0 Å². The number of carbonyl (C=O) groups excluding carboxylic acids is 1. The van der Waals surface area contributed by atoms with E-state index in [0.717, 1.165) is 0 Å². The van der Waals surface area contributed by atoms with Crippen LogP contribution in [0.3, 0.4) is 0 Å². The Morgan fingerprint density at radius 2 is 1.45 bits per heavy atom. The second kappa shape index (κ2) is 14.3. The Balaban J connectivity index is 1.85. The highest BCUT2D eigenvalue weighted by Gasteiger charge is 2.52. The lowest BCUT2D eigenvalue weighted by Crippen LogP contribution is -2.69. The third kappa shape index (κ3) is 7.06. The van der Waals surface area contributed by atoms with Gasteiger partial charge in [0.1, 0.15) is 67.1 Å². The molecule has 2 saturated heterocycles. The largest absolute Gasteiger partial charge is 0.394 e. The first-order valence-electron chi connectivity index (χ1n) is 13.1. The second-order valence-electron chi connectivity index (χ2n) is 10.3. The maximum atomic E-state index is 12.6. The third-order valence-corrected chi connectivity index (χ3v) is 7.51. The molecule has 234 valence electrons. The summed E-state index contributed by atoms with van der Waals surface area (Å²) in [6.07, 6.45) is -19.8. The van der Waals surface area contributed by atoms with E-state index in [2.05, 4.69) is 5.32 Å². The first kappa shape index (κ1) is 33.3. The van der Waals surface area contributed by atoms with Crippen LogP contribution in [0.5, 0.6) is 0 Å². The average Bonchev–Trinajstić information content (AvgIpc) is 2.92. The van der Waals surface area contributed by atoms with Gasteiger partial charge in [0.2, 0.25) is 5.91 Å². The summed E-state index contributed by atoms with van der Waals surface area (Å²) < 4.78 is 22.5. The standard InChI is InChI=1S/C22H43N5O13/c23-2-1-8(29)20(36)27-7-3-6(25)18(39-22-16(34)15(33)13(31)9(4-24)37-22)17(35)19(7)40-21-14(32)11(26)12(30)10(5-28)38-21/h6-19,21-22,28-35H,1-5,23-26H2,(H,27,36)/t6-,7+,8+,9+,10+,11-,12+,13+,14?,15-,16+,17-,18+,19-,21+,22+/m0/s1. The fourth-order valence-electron chi connectivity index (χ4n) is 5.07. The highest BCUT2D eigenvalue weighted by atomic mass is 16.7. The normalized spacial score (nSPS) is 47.0. The van der Waals surface area contributed by atoms with Crippen LogP contribution >= 0.6 is 0 Å². The zero-order valence-corrected chi connectivity index (χ0v) is 21.7. The maximum Gasteiger partial charge on any atom is 0.249 e. The number of carbonyl (C=O) groups is 1. The molecule has 0 radical (unpaired) electrons. The third-order valence-electron chi connectivity index (χ3n) is 7.51. The number of rotatable bonds is 10. The molecular weight excluding hydrogens is 542 g/mol. The van der Waals surface area contributed by atoms with Gasteiger partial charge in [-0.15, -0.1) is 0 Å². The number of hydrogen-bond donors (Lipinski definition) is 13. The molecule has 3 aliphatic rings. The number of aliphatic hydroxyl groups excluding tert-OH is 8. The van der Waals surface area contributed by atoms with E-state index < -0.39 is 110 Å². The molecule has 0 bridgehead atoms. The Kier molecular flexibility index (Phi) is 11.9. The molecule has 18 nitrogen and oxygen atoms in total. The van der Waals surface area contributed by atoms with Crippen molar-refractivity contribution in [3.8, 4) is 0 Å². The van der Waals surface area contributed by atoms with Crippen molar-refractivity contribution in [2.45, 2.75) is 111 Å². The maximum absolute atomic E-state index is 12.6. The van der Waals surface area contributed by atoms with Crippen molar-refractivity contribution < 1.29 is 64.6 Å². The van der Waals surface area contributed by atoms with Crippen molar-refractivity contribution in [1.29, 1.82) is 0 Å². The monoisotopic (exact) mass is 585 g/mol. The summed E-state index contributed by atoms with van der Waals surface area (Å²) in [6, 6.07) is -3.45. The Hall–Kier alpha value is -1.17. The predicted octanol–water partition coefficient (Wildman–Crippen LogP) is -8.42. The SMILES string of the molecule is NCC[C@@H](O)C(=O)N[C@@H]1C[C@H](N)[C@@H](O[C@H]2O[C@H](CN)[C@@H](O)[C@H](O)[C@H]2O)[C@H](O)[C@H]1O[C@H]1O[C@H](CO)[C@@H](O)[C@H](N)C1O. The quantitative estimate of drug-likeness (QED) is 0.113. The summed E-state index contributed by atoms with van der Waals surface area (Å²) in [6.45, 7) is -0.898. The molecule has 3 rings (SSSR count). The van der Waals surface area contributed by atoms with Gasteiger partial charge in [0.15, 0.2) is 12.6 Å². The van der Waals surface area contributed by atoms with Crippen LogP contribution < -0.4 is 28.3 Å². The van der Waals surface area contributed by atoms with E-state index >= 15 is 0 Å². The Bertz CT molecular complexity index is 815. The van der Waals surface area contributed by atoms with Crippen LogP contribution in [0.1, 0.15) is 12.8 Å². The van der Waals surface area contributed by atoms with Crippen molar-refractivity contribution in [2.24, 2.45) is 22.9 Å². The molecule has 1 amide bonds. The Labute approximate surface area is 229 Å². The predicted molar refractivity (Wildman–Crippen MR) is 131 cm³/mol. The van der Waals surface area contributed by atoms with Crippen molar-refractivity contribution >= 4 is 5.91 Å². The molecule has 40 heavy (non-hydrogen) atoms. The fourth-order valence-corrected chi connectivity index (χ4v) is 5.07. The van der Waals surface area contributed by atoms with E-state index in [4.69, 9.17) is 41.9 Å². The van der Waals surface area contributed by atoms with Crippen molar-refractivity contribution in [2.75, 3.05) is 19.7 Å². The van der Waals surface area contributed by atoms with Gasteiger partial charge >= 0.3 is 0 Å². The van der Waals surface area contributed by atoms with Gasteiger partial charge in [-0.05, 0) is 19.4 Å². The van der Waals surface area contributed by atoms with E-state index in [9.17, 15) is 45.6 Å². The molecule has 16 atom stereocenters. The molecular formula is C22H43N5O13. The van der Waals surface area contributed by atoms with E-state index in [1.165, 1.54) is 0 Å². The highest BCUT2D eigenvalue weighted by molar-refractivity contribution is 5.80. The van der Waals surface area contributed by atoms with Crippen LogP contribution in [0, 0.1) is 0 Å². The molecule has 3 fully saturated rings. The number of ether oxygens (including phenoxy) is 4.